The molecule has 1 aliphatic heterocycles. The van der Waals surface area contributed by atoms with Crippen molar-refractivity contribution in [2.75, 3.05) is 6.61 Å². The predicted octanol–water partition coefficient (Wildman–Crippen LogP) is 2.40. The topological polar surface area (TPSA) is 102 Å². The predicted molar refractivity (Wildman–Crippen MR) is 105 cm³/mol. The highest BCUT2D eigenvalue weighted by molar-refractivity contribution is 6.04. The number of hydrogen-bond donors (Lipinski definition) is 2. The van der Waals surface area contributed by atoms with Crippen LogP contribution in [0.3, 0.4) is 0 Å². The molecule has 0 spiro atoms. The average molecular weight is 397 g/mol. The summed E-state index contributed by atoms with van der Waals surface area (Å²) in [6, 6.07) is 11.3. The molecule has 2 atom stereocenters. The summed E-state index contributed by atoms with van der Waals surface area (Å²) in [6.45, 7) is 3.61. The Morgan fingerprint density at radius 3 is 2.66 bits per heavy atom. The Balaban J connectivity index is 1.85. The maximum absolute atomic E-state index is 12.8. The van der Waals surface area contributed by atoms with Gasteiger partial charge in [-0.3, -0.25) is 4.79 Å². The zero-order chi connectivity index (χ0) is 21.0. The van der Waals surface area contributed by atoms with E-state index in [2.05, 4.69) is 5.32 Å². The highest BCUT2D eigenvalue weighted by Crippen LogP contribution is 2.31. The molecule has 1 aliphatic rings. The highest BCUT2D eigenvalue weighted by atomic mass is 16.5. The van der Waals surface area contributed by atoms with E-state index in [1.165, 1.54) is 6.07 Å². The summed E-state index contributed by atoms with van der Waals surface area (Å²) < 4.78 is 10.2. The zero-order valence-electron chi connectivity index (χ0n) is 16.3. The number of amides is 1. The molecular formula is C22H23NO6. The molecule has 2 N–H and O–H groups in total. The van der Waals surface area contributed by atoms with Crippen molar-refractivity contribution in [1.82, 2.24) is 5.32 Å². The van der Waals surface area contributed by atoms with Crippen molar-refractivity contribution in [3.8, 4) is 5.75 Å². The van der Waals surface area contributed by atoms with Crippen LogP contribution in [0.2, 0.25) is 0 Å². The summed E-state index contributed by atoms with van der Waals surface area (Å²) >= 11 is 0. The van der Waals surface area contributed by atoms with Crippen molar-refractivity contribution in [3.63, 3.8) is 0 Å². The van der Waals surface area contributed by atoms with Crippen molar-refractivity contribution < 1.29 is 29.0 Å². The van der Waals surface area contributed by atoms with Gasteiger partial charge in [0.25, 0.3) is 5.91 Å². The molecule has 0 saturated carbocycles. The number of fused-ring (bicyclic) bond motifs is 1. The Bertz CT molecular complexity index is 924. The first-order valence-electron chi connectivity index (χ1n) is 9.48. The monoisotopic (exact) mass is 397 g/mol. The lowest BCUT2D eigenvalue weighted by Crippen LogP contribution is -2.43. The molecular weight excluding hydrogens is 374 g/mol. The molecule has 0 unspecified atom stereocenters. The summed E-state index contributed by atoms with van der Waals surface area (Å²) in [5.41, 5.74) is 1.36. The van der Waals surface area contributed by atoms with Crippen LogP contribution in [0.1, 0.15) is 45.7 Å². The van der Waals surface area contributed by atoms with Gasteiger partial charge in [0.05, 0.1) is 12.2 Å². The Morgan fingerprint density at radius 2 is 1.97 bits per heavy atom. The number of cyclic esters (lactones) is 1. The van der Waals surface area contributed by atoms with Crippen LogP contribution in [0.4, 0.5) is 0 Å². The molecule has 2 aromatic carbocycles. The van der Waals surface area contributed by atoms with E-state index in [0.717, 1.165) is 5.56 Å². The second kappa shape index (κ2) is 8.77. The third-order valence-electron chi connectivity index (χ3n) is 4.69. The van der Waals surface area contributed by atoms with Gasteiger partial charge in [-0.2, -0.15) is 0 Å². The smallest absolute Gasteiger partial charge is 0.342 e. The molecule has 0 saturated heterocycles. The Kier molecular flexibility index (Phi) is 6.16. The van der Waals surface area contributed by atoms with Gasteiger partial charge in [-0.15, -0.1) is 0 Å². The Hall–Kier alpha value is -3.35. The first-order valence-corrected chi connectivity index (χ1v) is 9.48. The highest BCUT2D eigenvalue weighted by Gasteiger charge is 2.31. The molecule has 0 aromatic heterocycles. The van der Waals surface area contributed by atoms with Crippen LogP contribution in [0.25, 0.3) is 0 Å². The second-order valence-electron chi connectivity index (χ2n) is 6.88. The van der Waals surface area contributed by atoms with Crippen LogP contribution in [-0.2, 0) is 27.1 Å². The zero-order valence-corrected chi connectivity index (χ0v) is 16.3. The van der Waals surface area contributed by atoms with Crippen LogP contribution in [0.5, 0.6) is 5.75 Å². The minimum Gasteiger partial charge on any atom is -0.506 e. The fourth-order valence-corrected chi connectivity index (χ4v) is 3.33. The number of rotatable bonds is 6. The summed E-state index contributed by atoms with van der Waals surface area (Å²) in [7, 11) is 0. The molecule has 0 fully saturated rings. The largest absolute Gasteiger partial charge is 0.506 e. The van der Waals surface area contributed by atoms with Gasteiger partial charge in [-0.1, -0.05) is 36.4 Å². The van der Waals surface area contributed by atoms with Gasteiger partial charge >= 0.3 is 11.9 Å². The number of carbonyl (C=O) groups excluding carboxylic acids is 3. The lowest BCUT2D eigenvalue weighted by atomic mass is 9.95. The quantitative estimate of drug-likeness (QED) is 0.726. The first-order chi connectivity index (χ1) is 13.9. The van der Waals surface area contributed by atoms with Gasteiger partial charge in [0.2, 0.25) is 0 Å². The van der Waals surface area contributed by atoms with Crippen LogP contribution >= 0.6 is 0 Å². The van der Waals surface area contributed by atoms with E-state index >= 15 is 0 Å². The van der Waals surface area contributed by atoms with Crippen LogP contribution in [0.15, 0.2) is 42.5 Å². The number of phenols is 1. The summed E-state index contributed by atoms with van der Waals surface area (Å²) in [5, 5.41) is 13.1. The van der Waals surface area contributed by atoms with Crippen LogP contribution in [-0.4, -0.2) is 41.7 Å². The third kappa shape index (κ3) is 4.56. The number of benzene rings is 2. The number of esters is 2. The summed E-state index contributed by atoms with van der Waals surface area (Å²) in [6.07, 6.45) is 0.389. The van der Waals surface area contributed by atoms with E-state index in [1.807, 2.05) is 30.3 Å². The van der Waals surface area contributed by atoms with E-state index in [4.69, 9.17) is 9.47 Å². The molecule has 7 nitrogen and oxygen atoms in total. The molecule has 29 heavy (non-hydrogen) atoms. The fourth-order valence-electron chi connectivity index (χ4n) is 3.33. The molecule has 0 radical (unpaired) electrons. The Morgan fingerprint density at radius 1 is 1.24 bits per heavy atom. The van der Waals surface area contributed by atoms with Gasteiger partial charge < -0.3 is 19.9 Å². The van der Waals surface area contributed by atoms with Crippen molar-refractivity contribution in [1.29, 1.82) is 0 Å². The number of carbonyl (C=O) groups is 3. The molecule has 0 aliphatic carbocycles. The van der Waals surface area contributed by atoms with E-state index in [-0.39, 0.29) is 30.3 Å². The minimum atomic E-state index is -0.938. The van der Waals surface area contributed by atoms with Gasteiger partial charge in [0, 0.05) is 12.8 Å². The fraction of sp³-hybridized carbons (Fsp3) is 0.318. The standard InChI is InChI=1S/C22H23NO6/c1-3-28-21(26)17(12-14-7-5-4-6-8-14)23-20(25)16-10-9-15-11-13(2)29-22(27)18(15)19(16)24/h4-10,13,17,24H,3,11-12H2,1-2H3,(H,23,25)/t13-,17-/m0/s1. The minimum absolute atomic E-state index is 0.00788. The van der Waals surface area contributed by atoms with Crippen LogP contribution in [0, 0.1) is 0 Å². The SMILES string of the molecule is CCOC(=O)[C@H](Cc1ccccc1)NC(=O)c1ccc2c(c1O)C(=O)O[C@@H](C)C2. The molecule has 2 aromatic rings. The number of aromatic hydroxyl groups is 1. The molecule has 1 heterocycles. The summed E-state index contributed by atoms with van der Waals surface area (Å²) in [5.74, 6) is -2.36. The molecule has 3 rings (SSSR count). The van der Waals surface area contributed by atoms with Gasteiger partial charge in [-0.05, 0) is 31.0 Å². The van der Waals surface area contributed by atoms with Crippen molar-refractivity contribution >= 4 is 17.8 Å². The van der Waals surface area contributed by atoms with E-state index < -0.39 is 29.6 Å². The number of hydrogen-bond acceptors (Lipinski definition) is 6. The molecule has 152 valence electrons. The molecule has 1 amide bonds. The first kappa shape index (κ1) is 20.4. The van der Waals surface area contributed by atoms with Gasteiger partial charge in [-0.25, -0.2) is 9.59 Å². The van der Waals surface area contributed by atoms with Crippen molar-refractivity contribution in [2.24, 2.45) is 0 Å². The van der Waals surface area contributed by atoms with Gasteiger partial charge in [0.1, 0.15) is 23.5 Å². The normalized spacial score (nSPS) is 16.3. The number of phenolic OH excluding ortho intramolecular Hbond substituents is 1. The summed E-state index contributed by atoms with van der Waals surface area (Å²) in [4.78, 5) is 37.3. The lowest BCUT2D eigenvalue weighted by Gasteiger charge is -2.23. The van der Waals surface area contributed by atoms with E-state index in [9.17, 15) is 19.5 Å². The number of ether oxygens (including phenoxy) is 2. The van der Waals surface area contributed by atoms with Crippen molar-refractivity contribution in [2.45, 2.75) is 38.8 Å². The second-order valence-corrected chi connectivity index (χ2v) is 6.88. The maximum atomic E-state index is 12.8. The average Bonchev–Trinajstić information content (AvgIpc) is 2.68. The van der Waals surface area contributed by atoms with Crippen LogP contribution < -0.4 is 5.32 Å². The number of nitrogens with one attached hydrogen (secondary N) is 1. The lowest BCUT2D eigenvalue weighted by molar-refractivity contribution is -0.145. The van der Waals surface area contributed by atoms with E-state index in [0.29, 0.717) is 12.0 Å². The molecule has 7 heteroatoms. The Labute approximate surface area is 168 Å². The van der Waals surface area contributed by atoms with Gasteiger partial charge in [0.15, 0.2) is 0 Å². The van der Waals surface area contributed by atoms with E-state index in [1.54, 1.807) is 19.9 Å². The maximum Gasteiger partial charge on any atom is 0.342 e. The third-order valence-corrected chi connectivity index (χ3v) is 4.69. The molecule has 0 bridgehead atoms. The van der Waals surface area contributed by atoms with Crippen molar-refractivity contribution in [3.05, 3.63) is 64.7 Å².